The van der Waals surface area contributed by atoms with E-state index in [1.165, 1.54) is 25.3 Å². The van der Waals surface area contributed by atoms with Crippen molar-refractivity contribution in [1.29, 1.82) is 0 Å². The molecule has 0 aliphatic heterocycles. The van der Waals surface area contributed by atoms with Crippen molar-refractivity contribution in [1.82, 2.24) is 0 Å². The number of rotatable bonds is 5. The van der Waals surface area contributed by atoms with Crippen LogP contribution in [0.3, 0.4) is 0 Å². The van der Waals surface area contributed by atoms with Crippen LogP contribution in [0.25, 0.3) is 0 Å². The zero-order valence-corrected chi connectivity index (χ0v) is 13.4. The highest BCUT2D eigenvalue weighted by Gasteiger charge is 2.16. The Hall–Kier alpha value is -2.31. The maximum absolute atomic E-state index is 12.0. The maximum atomic E-state index is 12.0. The van der Waals surface area contributed by atoms with Gasteiger partial charge in [-0.15, -0.1) is 0 Å². The summed E-state index contributed by atoms with van der Waals surface area (Å²) < 4.78 is 10.2. The SMILES string of the molecule is COc1ccc([N+](=O)[O-])cc1OC(=O)Cc1ccc(Cl)cc1Cl. The Kier molecular flexibility index (Phi) is 5.41. The number of halogens is 2. The van der Waals surface area contributed by atoms with Crippen molar-refractivity contribution in [3.8, 4) is 11.5 Å². The predicted octanol–water partition coefficient (Wildman–Crippen LogP) is 4.06. The van der Waals surface area contributed by atoms with Gasteiger partial charge in [-0.3, -0.25) is 14.9 Å². The standard InChI is InChI=1S/C15H11Cl2NO5/c1-22-13-5-4-11(18(20)21)8-14(13)23-15(19)6-9-2-3-10(16)7-12(9)17/h2-5,7-8H,6H2,1H3. The van der Waals surface area contributed by atoms with Crippen molar-refractivity contribution in [2.75, 3.05) is 7.11 Å². The first-order chi connectivity index (χ1) is 10.9. The van der Waals surface area contributed by atoms with Gasteiger partial charge in [0.05, 0.1) is 24.5 Å². The van der Waals surface area contributed by atoms with Gasteiger partial charge in [0.2, 0.25) is 0 Å². The van der Waals surface area contributed by atoms with Crippen molar-refractivity contribution < 1.29 is 19.2 Å². The molecular formula is C15H11Cl2NO5. The quantitative estimate of drug-likeness (QED) is 0.349. The molecule has 0 N–H and O–H groups in total. The first kappa shape index (κ1) is 17.1. The van der Waals surface area contributed by atoms with E-state index in [1.807, 2.05) is 0 Å². The van der Waals surface area contributed by atoms with Crippen LogP contribution in [-0.4, -0.2) is 18.0 Å². The third-order valence-corrected chi connectivity index (χ3v) is 3.52. The molecule has 0 aliphatic carbocycles. The minimum Gasteiger partial charge on any atom is -0.493 e. The van der Waals surface area contributed by atoms with E-state index >= 15 is 0 Å². The second-order valence-corrected chi connectivity index (χ2v) is 5.32. The van der Waals surface area contributed by atoms with Gasteiger partial charge in [-0.1, -0.05) is 29.3 Å². The number of hydrogen-bond acceptors (Lipinski definition) is 5. The van der Waals surface area contributed by atoms with Crippen LogP contribution in [0, 0.1) is 10.1 Å². The van der Waals surface area contributed by atoms with Gasteiger partial charge in [0.1, 0.15) is 0 Å². The summed E-state index contributed by atoms with van der Waals surface area (Å²) in [5.41, 5.74) is 0.323. The molecule has 0 bridgehead atoms. The van der Waals surface area contributed by atoms with Crippen molar-refractivity contribution >= 4 is 34.9 Å². The molecule has 0 heterocycles. The number of nitro groups is 1. The van der Waals surface area contributed by atoms with Crippen molar-refractivity contribution in [3.05, 3.63) is 62.1 Å². The summed E-state index contributed by atoms with van der Waals surface area (Å²) >= 11 is 11.8. The van der Waals surface area contributed by atoms with E-state index in [2.05, 4.69) is 0 Å². The third kappa shape index (κ3) is 4.34. The molecule has 0 saturated carbocycles. The number of hydrogen-bond donors (Lipinski definition) is 0. The smallest absolute Gasteiger partial charge is 0.315 e. The van der Waals surface area contributed by atoms with Gasteiger partial charge in [-0.2, -0.15) is 0 Å². The van der Waals surface area contributed by atoms with Crippen LogP contribution in [0.5, 0.6) is 11.5 Å². The fraction of sp³-hybridized carbons (Fsp3) is 0.133. The van der Waals surface area contributed by atoms with Gasteiger partial charge in [0.25, 0.3) is 5.69 Å². The fourth-order valence-electron chi connectivity index (χ4n) is 1.84. The number of nitrogens with zero attached hydrogens (tertiary/aromatic N) is 1. The molecule has 0 aromatic heterocycles. The van der Waals surface area contributed by atoms with E-state index in [0.717, 1.165) is 6.07 Å². The molecule has 0 fully saturated rings. The highest BCUT2D eigenvalue weighted by molar-refractivity contribution is 6.35. The molecule has 23 heavy (non-hydrogen) atoms. The molecule has 2 rings (SSSR count). The van der Waals surface area contributed by atoms with E-state index < -0.39 is 10.9 Å². The van der Waals surface area contributed by atoms with E-state index in [-0.39, 0.29) is 23.6 Å². The Balaban J connectivity index is 2.19. The van der Waals surface area contributed by atoms with Crippen molar-refractivity contribution in [2.45, 2.75) is 6.42 Å². The Labute approximate surface area is 141 Å². The molecule has 6 nitrogen and oxygen atoms in total. The molecule has 0 amide bonds. The van der Waals surface area contributed by atoms with Gasteiger partial charge in [-0.25, -0.2) is 0 Å². The molecule has 0 radical (unpaired) electrons. The number of benzene rings is 2. The van der Waals surface area contributed by atoms with Gasteiger partial charge in [-0.05, 0) is 23.8 Å². The molecular weight excluding hydrogens is 345 g/mol. The third-order valence-electron chi connectivity index (χ3n) is 2.93. The van der Waals surface area contributed by atoms with Gasteiger partial charge in [0, 0.05) is 16.1 Å². The van der Waals surface area contributed by atoms with Gasteiger partial charge >= 0.3 is 5.97 Å². The average molecular weight is 356 g/mol. The molecule has 120 valence electrons. The normalized spacial score (nSPS) is 10.2. The minimum absolute atomic E-state index is 0.0308. The lowest BCUT2D eigenvalue weighted by molar-refractivity contribution is -0.384. The Morgan fingerprint density at radius 2 is 1.91 bits per heavy atom. The number of methoxy groups -OCH3 is 1. The molecule has 2 aromatic rings. The fourth-order valence-corrected chi connectivity index (χ4v) is 2.31. The second kappa shape index (κ2) is 7.30. The van der Waals surface area contributed by atoms with Crippen LogP contribution in [0.2, 0.25) is 10.0 Å². The van der Waals surface area contributed by atoms with Crippen LogP contribution >= 0.6 is 23.2 Å². The lowest BCUT2D eigenvalue weighted by atomic mass is 10.1. The summed E-state index contributed by atoms with van der Waals surface area (Å²) in [6, 6.07) is 8.46. The molecule has 0 unspecified atom stereocenters. The number of carbonyl (C=O) groups excluding carboxylic acids is 1. The number of nitro benzene ring substituents is 1. The Morgan fingerprint density at radius 1 is 1.17 bits per heavy atom. The first-order valence-electron chi connectivity index (χ1n) is 6.37. The van der Waals surface area contributed by atoms with Gasteiger partial charge in [0.15, 0.2) is 11.5 Å². The Morgan fingerprint density at radius 3 is 2.52 bits per heavy atom. The Bertz CT molecular complexity index is 764. The summed E-state index contributed by atoms with van der Waals surface area (Å²) in [4.78, 5) is 22.2. The predicted molar refractivity (Wildman–Crippen MR) is 85.4 cm³/mol. The second-order valence-electron chi connectivity index (χ2n) is 4.48. The van der Waals surface area contributed by atoms with Crippen molar-refractivity contribution in [3.63, 3.8) is 0 Å². The van der Waals surface area contributed by atoms with E-state index in [4.69, 9.17) is 32.7 Å². The first-order valence-corrected chi connectivity index (χ1v) is 7.13. The minimum atomic E-state index is -0.631. The number of carbonyl (C=O) groups is 1. The van der Waals surface area contributed by atoms with E-state index in [9.17, 15) is 14.9 Å². The highest BCUT2D eigenvalue weighted by atomic mass is 35.5. The van der Waals surface area contributed by atoms with Crippen LogP contribution < -0.4 is 9.47 Å². The van der Waals surface area contributed by atoms with E-state index in [1.54, 1.807) is 12.1 Å². The summed E-state index contributed by atoms with van der Waals surface area (Å²) in [6.45, 7) is 0. The van der Waals surface area contributed by atoms with Crippen LogP contribution in [0.4, 0.5) is 5.69 Å². The van der Waals surface area contributed by atoms with E-state index in [0.29, 0.717) is 15.6 Å². The summed E-state index contributed by atoms with van der Waals surface area (Å²) in [5, 5.41) is 11.6. The molecule has 0 spiro atoms. The summed E-state index contributed by atoms with van der Waals surface area (Å²) in [6.07, 6.45) is -0.109. The zero-order chi connectivity index (χ0) is 17.0. The average Bonchev–Trinajstić information content (AvgIpc) is 2.50. The summed E-state index contributed by atoms with van der Waals surface area (Å²) in [7, 11) is 1.37. The topological polar surface area (TPSA) is 78.7 Å². The largest absolute Gasteiger partial charge is 0.493 e. The lowest BCUT2D eigenvalue weighted by Crippen LogP contribution is -2.12. The highest BCUT2D eigenvalue weighted by Crippen LogP contribution is 2.31. The van der Waals surface area contributed by atoms with Gasteiger partial charge < -0.3 is 9.47 Å². The lowest BCUT2D eigenvalue weighted by Gasteiger charge is -2.09. The van der Waals surface area contributed by atoms with Crippen molar-refractivity contribution in [2.24, 2.45) is 0 Å². The molecule has 0 aliphatic rings. The molecule has 2 aromatic carbocycles. The number of esters is 1. The van der Waals surface area contributed by atoms with Crippen LogP contribution in [0.15, 0.2) is 36.4 Å². The van der Waals surface area contributed by atoms with Crippen LogP contribution in [-0.2, 0) is 11.2 Å². The molecule has 0 saturated heterocycles. The van der Waals surface area contributed by atoms with Crippen LogP contribution in [0.1, 0.15) is 5.56 Å². The maximum Gasteiger partial charge on any atom is 0.315 e. The zero-order valence-electron chi connectivity index (χ0n) is 11.9. The number of non-ortho nitro benzene ring substituents is 1. The summed E-state index contributed by atoms with van der Waals surface area (Å²) in [5.74, 6) is -0.448. The number of ether oxygens (including phenoxy) is 2. The monoisotopic (exact) mass is 355 g/mol. The molecule has 8 heteroatoms. The molecule has 0 atom stereocenters.